The Labute approximate surface area is 224 Å². The summed E-state index contributed by atoms with van der Waals surface area (Å²) in [5.74, 6) is -0.919. The Hall–Kier alpha value is -5.30. The number of hydrogen-bond acceptors (Lipinski definition) is 7. The lowest BCUT2D eigenvalue weighted by Crippen LogP contribution is -2.24. The van der Waals surface area contributed by atoms with Gasteiger partial charge in [0.2, 0.25) is 0 Å². The average molecular weight is 546 g/mol. The first-order chi connectivity index (χ1) is 19.1. The molecule has 1 aliphatic heterocycles. The molecule has 0 fully saturated rings. The summed E-state index contributed by atoms with van der Waals surface area (Å²) >= 11 is 0. The number of benzene rings is 2. The largest absolute Gasteiger partial charge is 0.416 e. The van der Waals surface area contributed by atoms with Gasteiger partial charge in [-0.3, -0.25) is 9.69 Å². The molecule has 0 saturated carbocycles. The van der Waals surface area contributed by atoms with Gasteiger partial charge < -0.3 is 9.88 Å². The summed E-state index contributed by atoms with van der Waals surface area (Å²) < 4.78 is 57.3. The molecule has 1 amide bonds. The fourth-order valence-electron chi connectivity index (χ4n) is 4.54. The van der Waals surface area contributed by atoms with E-state index in [1.54, 1.807) is 23.8 Å². The van der Waals surface area contributed by atoms with Crippen LogP contribution in [0.3, 0.4) is 0 Å². The maximum Gasteiger partial charge on any atom is 0.416 e. The molecule has 0 radical (unpaired) electrons. The van der Waals surface area contributed by atoms with E-state index in [1.165, 1.54) is 30.6 Å². The Kier molecular flexibility index (Phi) is 6.65. The second-order valence-electron chi connectivity index (χ2n) is 8.91. The number of alkyl halides is 3. The van der Waals surface area contributed by atoms with Crippen molar-refractivity contribution < 1.29 is 22.4 Å². The molecule has 4 aromatic rings. The van der Waals surface area contributed by atoms with Crippen LogP contribution >= 0.6 is 0 Å². The number of fused-ring (bicyclic) bond motifs is 1. The molecule has 3 heterocycles. The Morgan fingerprint density at radius 2 is 1.90 bits per heavy atom. The number of amides is 1. The summed E-state index contributed by atoms with van der Waals surface area (Å²) in [5, 5.41) is 29.3. The van der Waals surface area contributed by atoms with Crippen molar-refractivity contribution in [2.45, 2.75) is 19.1 Å². The van der Waals surface area contributed by atoms with Crippen LogP contribution in [0.25, 0.3) is 22.5 Å². The van der Waals surface area contributed by atoms with Crippen LogP contribution in [0.1, 0.15) is 33.5 Å². The number of halogens is 4. The zero-order chi connectivity index (χ0) is 28.6. The zero-order valence-electron chi connectivity index (χ0n) is 20.8. The van der Waals surface area contributed by atoms with Crippen molar-refractivity contribution in [2.75, 3.05) is 16.8 Å². The number of pyridine rings is 1. The van der Waals surface area contributed by atoms with Crippen molar-refractivity contribution in [3.63, 3.8) is 0 Å². The molecule has 0 unspecified atom stereocenters. The highest BCUT2D eigenvalue weighted by Gasteiger charge is 2.40. The normalized spacial score (nSPS) is 12.7. The summed E-state index contributed by atoms with van der Waals surface area (Å²) in [6.07, 6.45) is -3.11. The third-order valence-corrected chi connectivity index (χ3v) is 6.40. The van der Waals surface area contributed by atoms with Crippen molar-refractivity contribution in [3.8, 4) is 34.7 Å². The fourth-order valence-corrected chi connectivity index (χ4v) is 4.54. The SMILES string of the molecule is Cn1cnnc1-c1cc(F)c(C#N)cc1-c1cc(NCCC#N)nc(N2Cc3c(cccc3C(F)(F)F)C2=O)c1. The Morgan fingerprint density at radius 1 is 1.10 bits per heavy atom. The molecule has 9 nitrogen and oxygen atoms in total. The molecule has 0 spiro atoms. The second-order valence-corrected chi connectivity index (χ2v) is 8.91. The summed E-state index contributed by atoms with van der Waals surface area (Å²) in [6, 6.07) is 12.7. The molecular formula is C27H18F4N8O. The Morgan fingerprint density at radius 3 is 2.58 bits per heavy atom. The maximum atomic E-state index is 14.7. The van der Waals surface area contributed by atoms with Gasteiger partial charge >= 0.3 is 6.18 Å². The number of aromatic nitrogens is 4. The van der Waals surface area contributed by atoms with Gasteiger partial charge in [-0.05, 0) is 53.1 Å². The number of hydrogen-bond donors (Lipinski definition) is 1. The van der Waals surface area contributed by atoms with E-state index < -0.39 is 23.5 Å². The molecule has 13 heteroatoms. The molecular weight excluding hydrogens is 528 g/mol. The quantitative estimate of drug-likeness (QED) is 0.265. The van der Waals surface area contributed by atoms with Crippen LogP contribution in [0.2, 0.25) is 0 Å². The number of nitriles is 2. The summed E-state index contributed by atoms with van der Waals surface area (Å²) in [7, 11) is 1.65. The van der Waals surface area contributed by atoms with Crippen molar-refractivity contribution >= 4 is 17.5 Å². The monoisotopic (exact) mass is 546 g/mol. The van der Waals surface area contributed by atoms with Gasteiger partial charge in [0.05, 0.1) is 30.2 Å². The van der Waals surface area contributed by atoms with Gasteiger partial charge in [-0.15, -0.1) is 10.2 Å². The second kappa shape index (κ2) is 10.1. The standard InChI is InChI=1S/C27H18F4N8O/c1-38-14-35-37-25(38)19-11-22(28)16(12-33)8-18(19)15-9-23(34-7-3-6-32)36-24(10-15)39-13-20-17(26(39)40)4-2-5-21(20)27(29,30)31/h2,4-5,8-11,14H,3,7,13H2,1H3,(H,34,36). The third kappa shape index (κ3) is 4.69. The molecule has 2 aromatic carbocycles. The van der Waals surface area contributed by atoms with Gasteiger partial charge in [0.1, 0.15) is 29.8 Å². The lowest BCUT2D eigenvalue weighted by molar-refractivity contribution is -0.138. The molecule has 1 N–H and O–H groups in total. The summed E-state index contributed by atoms with van der Waals surface area (Å²) in [4.78, 5) is 18.8. The van der Waals surface area contributed by atoms with Gasteiger partial charge in [-0.1, -0.05) is 6.07 Å². The number of nitrogens with zero attached hydrogens (tertiary/aromatic N) is 7. The van der Waals surface area contributed by atoms with Crippen LogP contribution in [0.15, 0.2) is 48.8 Å². The van der Waals surface area contributed by atoms with Crippen molar-refractivity contribution in [2.24, 2.45) is 7.05 Å². The van der Waals surface area contributed by atoms with Crippen LogP contribution in [0, 0.1) is 28.5 Å². The molecule has 40 heavy (non-hydrogen) atoms. The van der Waals surface area contributed by atoms with E-state index in [4.69, 9.17) is 5.26 Å². The average Bonchev–Trinajstić information content (AvgIpc) is 3.50. The topological polar surface area (TPSA) is 124 Å². The first-order valence-corrected chi connectivity index (χ1v) is 11.8. The summed E-state index contributed by atoms with van der Waals surface area (Å²) in [6.45, 7) is -0.178. The van der Waals surface area contributed by atoms with Crippen LogP contribution < -0.4 is 10.2 Å². The highest BCUT2D eigenvalue weighted by atomic mass is 19.4. The van der Waals surface area contributed by atoms with Crippen LogP contribution in [0.4, 0.5) is 29.2 Å². The first kappa shape index (κ1) is 26.3. The highest BCUT2D eigenvalue weighted by molar-refractivity contribution is 6.10. The van der Waals surface area contributed by atoms with Gasteiger partial charge in [0.15, 0.2) is 5.82 Å². The van der Waals surface area contributed by atoms with E-state index in [2.05, 4.69) is 20.5 Å². The predicted molar refractivity (Wildman–Crippen MR) is 135 cm³/mol. The lowest BCUT2D eigenvalue weighted by atomic mass is 9.96. The number of carbonyl (C=O) groups is 1. The molecule has 1 aliphatic rings. The van der Waals surface area contributed by atoms with Gasteiger partial charge in [-0.25, -0.2) is 9.37 Å². The van der Waals surface area contributed by atoms with Crippen LogP contribution in [-0.4, -0.2) is 32.2 Å². The number of carbonyl (C=O) groups excluding carboxylic acids is 1. The molecule has 5 rings (SSSR count). The first-order valence-electron chi connectivity index (χ1n) is 11.8. The van der Waals surface area contributed by atoms with E-state index in [0.717, 1.165) is 17.0 Å². The minimum Gasteiger partial charge on any atom is -0.369 e. The highest BCUT2D eigenvalue weighted by Crippen LogP contribution is 2.40. The zero-order valence-corrected chi connectivity index (χ0v) is 20.8. The Bertz CT molecular complexity index is 1730. The van der Waals surface area contributed by atoms with Gasteiger partial charge in [0, 0.05) is 24.7 Å². The van der Waals surface area contributed by atoms with E-state index in [0.29, 0.717) is 11.1 Å². The van der Waals surface area contributed by atoms with Crippen molar-refractivity contribution in [1.29, 1.82) is 10.5 Å². The maximum absolute atomic E-state index is 14.7. The van der Waals surface area contributed by atoms with E-state index in [1.807, 2.05) is 6.07 Å². The van der Waals surface area contributed by atoms with Crippen molar-refractivity contribution in [1.82, 2.24) is 19.7 Å². The fraction of sp³-hybridized carbons (Fsp3) is 0.185. The minimum absolute atomic E-state index is 0.0260. The molecule has 0 atom stereocenters. The predicted octanol–water partition coefficient (Wildman–Crippen LogP) is 5.06. The lowest BCUT2D eigenvalue weighted by Gasteiger charge is -2.19. The number of aryl methyl sites for hydroxylation is 1. The van der Waals surface area contributed by atoms with Gasteiger partial charge in [-0.2, -0.15) is 23.7 Å². The smallest absolute Gasteiger partial charge is 0.369 e. The van der Waals surface area contributed by atoms with Crippen LogP contribution in [0.5, 0.6) is 0 Å². The molecule has 200 valence electrons. The van der Waals surface area contributed by atoms with E-state index in [-0.39, 0.29) is 59.2 Å². The number of anilines is 2. The molecule has 0 aliphatic carbocycles. The van der Waals surface area contributed by atoms with Crippen LogP contribution in [-0.2, 0) is 19.8 Å². The number of rotatable bonds is 6. The number of nitrogens with one attached hydrogen (secondary N) is 1. The van der Waals surface area contributed by atoms with E-state index in [9.17, 15) is 27.6 Å². The molecule has 2 aromatic heterocycles. The minimum atomic E-state index is -4.66. The Balaban J connectivity index is 1.68. The summed E-state index contributed by atoms with van der Waals surface area (Å²) in [5.41, 5.74) is -0.412. The van der Waals surface area contributed by atoms with E-state index >= 15 is 0 Å². The molecule has 0 bridgehead atoms. The molecule has 0 saturated heterocycles. The van der Waals surface area contributed by atoms with Gasteiger partial charge in [0.25, 0.3) is 5.91 Å². The van der Waals surface area contributed by atoms with Crippen molar-refractivity contribution in [3.05, 3.63) is 76.9 Å². The third-order valence-electron chi connectivity index (χ3n) is 6.40.